The summed E-state index contributed by atoms with van der Waals surface area (Å²) in [5.41, 5.74) is 0.653. The zero-order valence-corrected chi connectivity index (χ0v) is 11.6. The summed E-state index contributed by atoms with van der Waals surface area (Å²) in [6.45, 7) is 4.13. The zero-order chi connectivity index (χ0) is 14.3. The molecule has 0 aliphatic carbocycles. The monoisotopic (exact) mass is 260 g/mol. The van der Waals surface area contributed by atoms with E-state index in [1.54, 1.807) is 7.11 Å². The number of nitrogens with one attached hydrogen (secondary N) is 2. The Morgan fingerprint density at radius 1 is 1.42 bits per heavy atom. The van der Waals surface area contributed by atoms with Crippen molar-refractivity contribution in [1.82, 2.24) is 10.6 Å². The first-order valence-corrected chi connectivity index (χ1v) is 6.10. The van der Waals surface area contributed by atoms with E-state index in [0.717, 1.165) is 11.3 Å². The molecule has 0 aliphatic rings. The fourth-order valence-corrected chi connectivity index (χ4v) is 1.85. The Balaban J connectivity index is 2.68. The van der Waals surface area contributed by atoms with Gasteiger partial charge in [-0.15, -0.1) is 6.42 Å². The average Bonchev–Trinajstić information content (AvgIpc) is 2.36. The fraction of sp³-hybridized carbons (Fsp3) is 0.400. The number of urea groups is 1. The van der Waals surface area contributed by atoms with Crippen LogP contribution in [0.15, 0.2) is 24.3 Å². The highest BCUT2D eigenvalue weighted by atomic mass is 16.5. The molecule has 0 saturated carbocycles. The van der Waals surface area contributed by atoms with Crippen molar-refractivity contribution in [3.05, 3.63) is 29.8 Å². The molecule has 19 heavy (non-hydrogen) atoms. The maximum atomic E-state index is 11.6. The molecule has 0 saturated heterocycles. The van der Waals surface area contributed by atoms with Crippen molar-refractivity contribution in [2.45, 2.75) is 25.8 Å². The third-order valence-electron chi connectivity index (χ3n) is 2.63. The molecule has 0 bridgehead atoms. The smallest absolute Gasteiger partial charge is 0.315 e. The van der Waals surface area contributed by atoms with Gasteiger partial charge < -0.3 is 15.4 Å². The second-order valence-electron chi connectivity index (χ2n) is 4.88. The summed E-state index contributed by atoms with van der Waals surface area (Å²) in [6.07, 6.45) is 5.76. The van der Waals surface area contributed by atoms with E-state index >= 15 is 0 Å². The van der Waals surface area contributed by atoms with E-state index in [0.29, 0.717) is 6.42 Å². The van der Waals surface area contributed by atoms with Gasteiger partial charge in [0.25, 0.3) is 0 Å². The van der Waals surface area contributed by atoms with E-state index in [-0.39, 0.29) is 12.6 Å². The summed E-state index contributed by atoms with van der Waals surface area (Å²) in [5.74, 6) is 3.18. The van der Waals surface area contributed by atoms with Crippen LogP contribution in [0.1, 0.15) is 19.4 Å². The zero-order valence-electron chi connectivity index (χ0n) is 11.6. The average molecular weight is 260 g/mol. The number of terminal acetylenes is 1. The first-order chi connectivity index (χ1) is 8.98. The summed E-state index contributed by atoms with van der Waals surface area (Å²) >= 11 is 0. The predicted molar refractivity (Wildman–Crippen MR) is 76.1 cm³/mol. The molecule has 2 N–H and O–H groups in total. The molecule has 0 atom stereocenters. The Bertz CT molecular complexity index is 475. The normalized spacial score (nSPS) is 10.4. The van der Waals surface area contributed by atoms with E-state index in [1.807, 2.05) is 38.1 Å². The molecule has 0 heterocycles. The predicted octanol–water partition coefficient (Wildman–Crippen LogP) is 1.95. The van der Waals surface area contributed by atoms with Crippen molar-refractivity contribution in [2.24, 2.45) is 0 Å². The molecule has 102 valence electrons. The fourth-order valence-electron chi connectivity index (χ4n) is 1.85. The second-order valence-corrected chi connectivity index (χ2v) is 4.88. The van der Waals surface area contributed by atoms with Crippen molar-refractivity contribution in [3.63, 3.8) is 0 Å². The summed E-state index contributed by atoms with van der Waals surface area (Å²) in [4.78, 5) is 11.6. The van der Waals surface area contributed by atoms with Crippen LogP contribution in [-0.2, 0) is 6.42 Å². The SMILES string of the molecule is C#CCNC(=O)NC(C)(C)Cc1ccccc1OC. The highest BCUT2D eigenvalue weighted by Crippen LogP contribution is 2.22. The van der Waals surface area contributed by atoms with E-state index in [2.05, 4.69) is 16.6 Å². The first-order valence-electron chi connectivity index (χ1n) is 6.10. The third-order valence-corrected chi connectivity index (χ3v) is 2.63. The van der Waals surface area contributed by atoms with Crippen LogP contribution in [0.2, 0.25) is 0 Å². The number of carbonyl (C=O) groups is 1. The Morgan fingerprint density at radius 3 is 2.74 bits per heavy atom. The quantitative estimate of drug-likeness (QED) is 0.795. The molecule has 4 heteroatoms. The van der Waals surface area contributed by atoms with Crippen LogP contribution in [0.3, 0.4) is 0 Å². The van der Waals surface area contributed by atoms with Crippen LogP contribution in [0.25, 0.3) is 0 Å². The molecule has 1 aromatic rings. The molecule has 0 spiro atoms. The number of carbonyl (C=O) groups excluding carboxylic acids is 1. The van der Waals surface area contributed by atoms with Gasteiger partial charge in [0.05, 0.1) is 13.7 Å². The van der Waals surface area contributed by atoms with Gasteiger partial charge in [0.1, 0.15) is 5.75 Å². The number of para-hydroxylation sites is 1. The summed E-state index contributed by atoms with van der Waals surface area (Å²) in [7, 11) is 1.64. The van der Waals surface area contributed by atoms with Crippen LogP contribution < -0.4 is 15.4 Å². The van der Waals surface area contributed by atoms with Gasteiger partial charge in [0, 0.05) is 5.54 Å². The Morgan fingerprint density at radius 2 is 2.11 bits per heavy atom. The highest BCUT2D eigenvalue weighted by molar-refractivity contribution is 5.75. The maximum Gasteiger partial charge on any atom is 0.315 e. The van der Waals surface area contributed by atoms with Gasteiger partial charge in [-0.1, -0.05) is 24.1 Å². The van der Waals surface area contributed by atoms with E-state index in [4.69, 9.17) is 11.2 Å². The van der Waals surface area contributed by atoms with Crippen molar-refractivity contribution in [1.29, 1.82) is 0 Å². The lowest BCUT2D eigenvalue weighted by molar-refractivity contribution is 0.230. The number of amides is 2. The lowest BCUT2D eigenvalue weighted by Gasteiger charge is -2.27. The molecular formula is C15H20N2O2. The molecule has 0 radical (unpaired) electrons. The van der Waals surface area contributed by atoms with Gasteiger partial charge in [-0.3, -0.25) is 0 Å². The molecule has 0 aliphatic heterocycles. The van der Waals surface area contributed by atoms with Gasteiger partial charge in [-0.25, -0.2) is 4.79 Å². The van der Waals surface area contributed by atoms with Crippen LogP contribution in [0.5, 0.6) is 5.75 Å². The minimum atomic E-state index is -0.396. The Kier molecular flexibility index (Phi) is 5.25. The van der Waals surface area contributed by atoms with Crippen LogP contribution in [0, 0.1) is 12.3 Å². The van der Waals surface area contributed by atoms with E-state index in [9.17, 15) is 4.79 Å². The van der Waals surface area contributed by atoms with Crippen LogP contribution in [-0.4, -0.2) is 25.2 Å². The van der Waals surface area contributed by atoms with Gasteiger partial charge in [-0.05, 0) is 31.9 Å². The minimum Gasteiger partial charge on any atom is -0.496 e. The number of rotatable bonds is 5. The molecule has 0 fully saturated rings. The van der Waals surface area contributed by atoms with Gasteiger partial charge >= 0.3 is 6.03 Å². The second kappa shape index (κ2) is 6.69. The maximum absolute atomic E-state index is 11.6. The largest absolute Gasteiger partial charge is 0.496 e. The number of methoxy groups -OCH3 is 1. The Hall–Kier alpha value is -2.15. The number of hydrogen-bond donors (Lipinski definition) is 2. The summed E-state index contributed by atoms with van der Waals surface area (Å²) < 4.78 is 5.31. The van der Waals surface area contributed by atoms with Crippen LogP contribution in [0.4, 0.5) is 4.79 Å². The third kappa shape index (κ3) is 4.92. The van der Waals surface area contributed by atoms with Crippen molar-refractivity contribution in [2.75, 3.05) is 13.7 Å². The van der Waals surface area contributed by atoms with Gasteiger partial charge in [0.2, 0.25) is 0 Å². The number of ether oxygens (including phenoxy) is 1. The summed E-state index contributed by atoms with van der Waals surface area (Å²) in [6, 6.07) is 7.50. The van der Waals surface area contributed by atoms with Gasteiger partial charge in [-0.2, -0.15) is 0 Å². The molecule has 1 rings (SSSR count). The summed E-state index contributed by atoms with van der Waals surface area (Å²) in [5, 5.41) is 5.48. The molecule has 0 unspecified atom stereocenters. The standard InChI is InChI=1S/C15H20N2O2/c1-5-10-16-14(18)17-15(2,3)11-12-8-6-7-9-13(12)19-4/h1,6-9H,10-11H2,2-4H3,(H2,16,17,18). The lowest BCUT2D eigenvalue weighted by atomic mass is 9.94. The molecule has 0 aromatic heterocycles. The molecule has 2 amide bonds. The van der Waals surface area contributed by atoms with Gasteiger partial charge in [0.15, 0.2) is 0 Å². The topological polar surface area (TPSA) is 50.4 Å². The Labute approximate surface area is 114 Å². The number of benzene rings is 1. The molecule has 1 aromatic carbocycles. The first kappa shape index (κ1) is 14.9. The van der Waals surface area contributed by atoms with E-state index < -0.39 is 5.54 Å². The van der Waals surface area contributed by atoms with Crippen molar-refractivity contribution < 1.29 is 9.53 Å². The number of hydrogen-bond acceptors (Lipinski definition) is 2. The molecule has 4 nitrogen and oxygen atoms in total. The van der Waals surface area contributed by atoms with E-state index in [1.165, 1.54) is 0 Å². The minimum absolute atomic E-state index is 0.219. The highest BCUT2D eigenvalue weighted by Gasteiger charge is 2.22. The van der Waals surface area contributed by atoms with Crippen molar-refractivity contribution >= 4 is 6.03 Å². The lowest BCUT2D eigenvalue weighted by Crippen LogP contribution is -2.49. The van der Waals surface area contributed by atoms with Crippen LogP contribution >= 0.6 is 0 Å². The molecular weight excluding hydrogens is 240 g/mol. The van der Waals surface area contributed by atoms with Crippen molar-refractivity contribution in [3.8, 4) is 18.1 Å².